The number of halogens is 7. The fraction of sp³-hybridized carbons (Fsp3) is 0.250. The van der Waals surface area contributed by atoms with Gasteiger partial charge < -0.3 is 5.73 Å². The third-order valence-electron chi connectivity index (χ3n) is 2.82. The second kappa shape index (κ2) is 4.47. The summed E-state index contributed by atoms with van der Waals surface area (Å²) < 4.78 is 90.5. The predicted octanol–water partition coefficient (Wildman–Crippen LogP) is 4.11. The van der Waals surface area contributed by atoms with E-state index in [9.17, 15) is 30.7 Å². The standard InChI is InChI=1S/C12H7F7N2/c13-10(14,11(15,16)12(17,18)19)7-5-9(20)21-8-4-2-1-3-6(7)8/h1-5H,(H2,20,21). The zero-order valence-electron chi connectivity index (χ0n) is 10.1. The summed E-state index contributed by atoms with van der Waals surface area (Å²) in [6, 6.07) is 5.04. The van der Waals surface area contributed by atoms with Crippen molar-refractivity contribution in [3.05, 3.63) is 35.9 Å². The molecule has 1 aromatic heterocycles. The van der Waals surface area contributed by atoms with Crippen molar-refractivity contribution in [2.24, 2.45) is 0 Å². The quantitative estimate of drug-likeness (QED) is 0.848. The van der Waals surface area contributed by atoms with Gasteiger partial charge >= 0.3 is 18.0 Å². The predicted molar refractivity (Wildman–Crippen MR) is 61.1 cm³/mol. The number of nitrogens with zero attached hydrogens (tertiary/aromatic N) is 1. The van der Waals surface area contributed by atoms with Crippen molar-refractivity contribution in [1.82, 2.24) is 4.98 Å². The van der Waals surface area contributed by atoms with Gasteiger partial charge in [0.1, 0.15) is 5.82 Å². The first-order chi connectivity index (χ1) is 9.48. The maximum absolute atomic E-state index is 13.8. The van der Waals surface area contributed by atoms with E-state index in [4.69, 9.17) is 5.73 Å². The first-order valence-corrected chi connectivity index (χ1v) is 5.46. The van der Waals surface area contributed by atoms with Crippen molar-refractivity contribution in [3.8, 4) is 0 Å². The molecule has 2 N–H and O–H groups in total. The Balaban J connectivity index is 2.76. The summed E-state index contributed by atoms with van der Waals surface area (Å²) in [6.45, 7) is 0. The monoisotopic (exact) mass is 312 g/mol. The number of rotatable bonds is 2. The van der Waals surface area contributed by atoms with Crippen LogP contribution in [-0.4, -0.2) is 17.1 Å². The SMILES string of the molecule is Nc1cc(C(F)(F)C(F)(F)C(F)(F)F)c2ccccc2n1. The van der Waals surface area contributed by atoms with Crippen LogP contribution < -0.4 is 5.73 Å². The Morgan fingerprint density at radius 2 is 1.48 bits per heavy atom. The fourth-order valence-corrected chi connectivity index (χ4v) is 1.80. The Morgan fingerprint density at radius 1 is 0.905 bits per heavy atom. The highest BCUT2D eigenvalue weighted by atomic mass is 19.4. The molecule has 0 aliphatic carbocycles. The van der Waals surface area contributed by atoms with Crippen molar-refractivity contribution >= 4 is 16.7 Å². The summed E-state index contributed by atoms with van der Waals surface area (Å²) in [5.74, 6) is -12.3. The smallest absolute Gasteiger partial charge is 0.384 e. The summed E-state index contributed by atoms with van der Waals surface area (Å²) in [4.78, 5) is 3.61. The van der Waals surface area contributed by atoms with Crippen LogP contribution in [0.25, 0.3) is 10.9 Å². The molecule has 0 aliphatic rings. The van der Waals surface area contributed by atoms with Crippen molar-refractivity contribution < 1.29 is 30.7 Å². The van der Waals surface area contributed by atoms with Crippen LogP contribution in [0.1, 0.15) is 5.56 Å². The van der Waals surface area contributed by atoms with Crippen molar-refractivity contribution in [2.75, 3.05) is 5.73 Å². The Bertz CT molecular complexity index is 679. The van der Waals surface area contributed by atoms with Crippen LogP contribution in [0, 0.1) is 0 Å². The summed E-state index contributed by atoms with van der Waals surface area (Å²) in [6.07, 6.45) is -6.41. The average Bonchev–Trinajstić information content (AvgIpc) is 2.36. The highest BCUT2D eigenvalue weighted by Gasteiger charge is 2.73. The molecule has 2 nitrogen and oxygen atoms in total. The Hall–Kier alpha value is -2.06. The molecule has 2 aromatic rings. The zero-order chi connectivity index (χ0) is 16.1. The van der Waals surface area contributed by atoms with Gasteiger partial charge in [0.05, 0.1) is 5.52 Å². The van der Waals surface area contributed by atoms with E-state index in [1.165, 1.54) is 18.2 Å². The number of nitrogen functional groups attached to an aromatic ring is 1. The highest BCUT2D eigenvalue weighted by molar-refractivity contribution is 5.84. The second-order valence-electron chi connectivity index (χ2n) is 4.26. The van der Waals surface area contributed by atoms with Crippen LogP contribution >= 0.6 is 0 Å². The Morgan fingerprint density at radius 3 is 2.05 bits per heavy atom. The number of para-hydroxylation sites is 1. The van der Waals surface area contributed by atoms with Crippen molar-refractivity contribution in [1.29, 1.82) is 0 Å². The van der Waals surface area contributed by atoms with Gasteiger partial charge in [0.15, 0.2) is 0 Å². The molecule has 0 aliphatic heterocycles. The molecule has 0 saturated heterocycles. The number of hydrogen-bond acceptors (Lipinski definition) is 2. The van der Waals surface area contributed by atoms with Crippen LogP contribution in [0.15, 0.2) is 30.3 Å². The number of alkyl halides is 7. The number of nitrogens with two attached hydrogens (primary N) is 1. The molecule has 0 unspecified atom stereocenters. The van der Waals surface area contributed by atoms with E-state index in [2.05, 4.69) is 4.98 Å². The van der Waals surface area contributed by atoms with E-state index in [-0.39, 0.29) is 5.52 Å². The Kier molecular flexibility index (Phi) is 3.26. The molecule has 0 spiro atoms. The number of pyridine rings is 1. The number of fused-ring (bicyclic) bond motifs is 1. The molecule has 2 rings (SSSR count). The molecule has 1 aromatic carbocycles. The largest absolute Gasteiger partial charge is 0.460 e. The van der Waals surface area contributed by atoms with Crippen LogP contribution in [0.3, 0.4) is 0 Å². The third-order valence-corrected chi connectivity index (χ3v) is 2.82. The van der Waals surface area contributed by atoms with Gasteiger partial charge in [-0.25, -0.2) is 4.98 Å². The van der Waals surface area contributed by atoms with Crippen LogP contribution in [0.2, 0.25) is 0 Å². The lowest BCUT2D eigenvalue weighted by Crippen LogP contribution is -2.50. The van der Waals surface area contributed by atoms with Gasteiger partial charge in [-0.1, -0.05) is 18.2 Å². The van der Waals surface area contributed by atoms with Gasteiger partial charge in [0.25, 0.3) is 0 Å². The maximum atomic E-state index is 13.8. The van der Waals surface area contributed by atoms with Gasteiger partial charge in [-0.2, -0.15) is 30.7 Å². The molecule has 114 valence electrons. The van der Waals surface area contributed by atoms with Crippen LogP contribution in [0.5, 0.6) is 0 Å². The lowest BCUT2D eigenvalue weighted by atomic mass is 9.97. The molecular weight excluding hydrogens is 305 g/mol. The van der Waals surface area contributed by atoms with Crippen molar-refractivity contribution in [2.45, 2.75) is 18.0 Å². The van der Waals surface area contributed by atoms with Gasteiger partial charge in [-0.05, 0) is 12.1 Å². The van der Waals surface area contributed by atoms with Crippen molar-refractivity contribution in [3.63, 3.8) is 0 Å². The molecular formula is C12H7F7N2. The molecule has 0 bridgehead atoms. The lowest BCUT2D eigenvalue weighted by molar-refractivity contribution is -0.359. The first-order valence-electron chi connectivity index (χ1n) is 5.46. The minimum Gasteiger partial charge on any atom is -0.384 e. The van der Waals surface area contributed by atoms with E-state index in [0.29, 0.717) is 6.07 Å². The highest BCUT2D eigenvalue weighted by Crippen LogP contribution is 2.53. The average molecular weight is 312 g/mol. The van der Waals surface area contributed by atoms with Gasteiger partial charge in [0, 0.05) is 10.9 Å². The minimum absolute atomic E-state index is 0.204. The van der Waals surface area contributed by atoms with E-state index in [1.54, 1.807) is 0 Å². The maximum Gasteiger partial charge on any atom is 0.460 e. The molecule has 0 fully saturated rings. The minimum atomic E-state index is -6.41. The molecule has 21 heavy (non-hydrogen) atoms. The summed E-state index contributed by atoms with van der Waals surface area (Å²) in [5.41, 5.74) is 3.48. The van der Waals surface area contributed by atoms with Gasteiger partial charge in [-0.15, -0.1) is 0 Å². The van der Waals surface area contributed by atoms with E-state index >= 15 is 0 Å². The molecule has 9 heteroatoms. The number of anilines is 1. The molecule has 0 radical (unpaired) electrons. The number of hydrogen-bond donors (Lipinski definition) is 1. The molecule has 0 saturated carbocycles. The first kappa shape index (κ1) is 15.3. The lowest BCUT2D eigenvalue weighted by Gasteiger charge is -2.29. The summed E-state index contributed by atoms with van der Waals surface area (Å²) >= 11 is 0. The number of benzene rings is 1. The van der Waals surface area contributed by atoms with Gasteiger partial charge in [0.2, 0.25) is 0 Å². The molecule has 0 atom stereocenters. The Labute approximate surface area is 113 Å². The number of aromatic nitrogens is 1. The fourth-order valence-electron chi connectivity index (χ4n) is 1.80. The topological polar surface area (TPSA) is 38.9 Å². The van der Waals surface area contributed by atoms with E-state index < -0.39 is 34.8 Å². The second-order valence-corrected chi connectivity index (χ2v) is 4.26. The molecule has 0 amide bonds. The van der Waals surface area contributed by atoms with E-state index in [1.807, 2.05) is 0 Å². The molecule has 1 heterocycles. The van der Waals surface area contributed by atoms with Crippen LogP contribution in [-0.2, 0) is 5.92 Å². The summed E-state index contributed by atoms with van der Waals surface area (Å²) in [7, 11) is 0. The zero-order valence-corrected chi connectivity index (χ0v) is 10.1. The van der Waals surface area contributed by atoms with Gasteiger partial charge in [-0.3, -0.25) is 0 Å². The normalized spacial score (nSPS) is 13.7. The van der Waals surface area contributed by atoms with E-state index in [0.717, 1.165) is 6.07 Å². The van der Waals surface area contributed by atoms with Crippen LogP contribution in [0.4, 0.5) is 36.6 Å². The third kappa shape index (κ3) is 2.26. The summed E-state index contributed by atoms with van der Waals surface area (Å²) in [5, 5.41) is -0.527.